The van der Waals surface area contributed by atoms with Crippen LogP contribution in [0.5, 0.6) is 0 Å². The van der Waals surface area contributed by atoms with Gasteiger partial charge in [-0.1, -0.05) is 67.5 Å². The van der Waals surface area contributed by atoms with E-state index in [1.807, 2.05) is 45.4 Å². The minimum Gasteiger partial charge on any atom is -0.453 e. The minimum atomic E-state index is -0.876. The second kappa shape index (κ2) is 21.6. The Morgan fingerprint density at radius 3 is 1.83 bits per heavy atom. The molecule has 4 heterocycles. The molecule has 2 fully saturated rings. The van der Waals surface area contributed by atoms with E-state index in [0.717, 1.165) is 29.9 Å². The van der Waals surface area contributed by atoms with Crippen molar-refractivity contribution in [3.63, 3.8) is 0 Å². The third-order valence-electron chi connectivity index (χ3n) is 11.8. The topological polar surface area (TPSA) is 204 Å². The summed E-state index contributed by atoms with van der Waals surface area (Å²) in [6, 6.07) is 4.86. The van der Waals surface area contributed by atoms with Crippen LogP contribution in [0, 0.1) is 11.8 Å². The zero-order valence-corrected chi connectivity index (χ0v) is 40.5. The first-order valence-corrected chi connectivity index (χ1v) is 23.8. The highest BCUT2D eigenvalue weighted by Crippen LogP contribution is 2.48. The van der Waals surface area contributed by atoms with Crippen LogP contribution >= 0.6 is 22.7 Å². The van der Waals surface area contributed by atoms with Crippen molar-refractivity contribution >= 4 is 74.4 Å². The van der Waals surface area contributed by atoms with Gasteiger partial charge in [-0.2, -0.15) is 0 Å². The number of alkyl carbamates (subject to hydrolysis) is 2. The highest BCUT2D eigenvalue weighted by atomic mass is 32.1. The lowest BCUT2D eigenvalue weighted by Crippen LogP contribution is -2.55. The molecule has 2 saturated heterocycles. The number of ether oxygens (including phenoxy) is 2. The Kier molecular flexibility index (Phi) is 16.8. The summed E-state index contributed by atoms with van der Waals surface area (Å²) in [7, 11) is 2.48. The fraction of sp³-hybridized carbons (Fsp3) is 0.600. The number of anilines is 3. The molecular weight excluding hydrogens is 859 g/mol. The molecule has 0 radical (unpaired) electrons. The molecule has 1 aromatic carbocycles. The fourth-order valence-corrected chi connectivity index (χ4v) is 9.73. The zero-order valence-electron chi connectivity index (χ0n) is 38.9. The zero-order chi connectivity index (χ0) is 47.0. The summed E-state index contributed by atoms with van der Waals surface area (Å²) < 4.78 is 9.49. The van der Waals surface area contributed by atoms with Crippen LogP contribution in [0.1, 0.15) is 123 Å². The van der Waals surface area contributed by atoms with Crippen LogP contribution in [-0.2, 0) is 34.1 Å². The number of methoxy groups -OCH3 is 2. The number of thiazole rings is 2. The number of carbonyl (C=O) groups is 6. The summed E-state index contributed by atoms with van der Waals surface area (Å²) in [5.74, 6) is -1.92. The van der Waals surface area contributed by atoms with Gasteiger partial charge in [-0.05, 0) is 74.0 Å². The number of nitrogens with one attached hydrogen (secondary N) is 4. The Morgan fingerprint density at radius 1 is 0.797 bits per heavy atom. The SMILES string of the molecule is CCCN(C(=O)C(NC(=O)OC)C(C)C)C(C)C(=O)Nc1nc(C2CCC(c3csc(NC(=O)C4CCCN4C(=O)C(NC(=O)OC)C(C)C)n3)N2c2ccc(C(C)(C)C)cc2)cs1. The van der Waals surface area contributed by atoms with Gasteiger partial charge in [-0.15, -0.1) is 22.7 Å². The third kappa shape index (κ3) is 11.7. The second-order valence-electron chi connectivity index (χ2n) is 18.1. The van der Waals surface area contributed by atoms with E-state index in [-0.39, 0.29) is 47.1 Å². The summed E-state index contributed by atoms with van der Waals surface area (Å²) in [4.78, 5) is 94.2. The van der Waals surface area contributed by atoms with Gasteiger partial charge in [0.1, 0.15) is 24.2 Å². The van der Waals surface area contributed by atoms with E-state index in [9.17, 15) is 28.8 Å². The molecule has 0 spiro atoms. The summed E-state index contributed by atoms with van der Waals surface area (Å²) >= 11 is 2.63. The number of carbonyl (C=O) groups excluding carboxylic acids is 6. The number of aromatic nitrogens is 2. The Balaban J connectivity index is 1.35. The predicted molar refractivity (Wildman–Crippen MR) is 248 cm³/mol. The molecule has 6 unspecified atom stereocenters. The van der Waals surface area contributed by atoms with Crippen LogP contribution in [0.25, 0.3) is 0 Å². The molecule has 350 valence electrons. The Hall–Kier alpha value is -5.30. The molecule has 0 aliphatic carbocycles. The van der Waals surface area contributed by atoms with Crippen molar-refractivity contribution in [2.75, 3.05) is 42.8 Å². The molecule has 0 bridgehead atoms. The average Bonchev–Trinajstić information content (AvgIpc) is 4.10. The van der Waals surface area contributed by atoms with Crippen LogP contribution in [-0.4, -0.2) is 107 Å². The number of rotatable bonds is 16. The van der Waals surface area contributed by atoms with Crippen molar-refractivity contribution in [1.29, 1.82) is 0 Å². The quantitative estimate of drug-likeness (QED) is 0.113. The van der Waals surface area contributed by atoms with Crippen molar-refractivity contribution in [1.82, 2.24) is 30.4 Å². The molecule has 3 aromatic rings. The van der Waals surface area contributed by atoms with Gasteiger partial charge in [0.05, 0.1) is 37.7 Å². The van der Waals surface area contributed by atoms with Crippen LogP contribution in [0.3, 0.4) is 0 Å². The molecule has 64 heavy (non-hydrogen) atoms. The van der Waals surface area contributed by atoms with Gasteiger partial charge in [0.25, 0.3) is 0 Å². The third-order valence-corrected chi connectivity index (χ3v) is 13.4. The minimum absolute atomic E-state index is 0.0541. The maximum absolute atomic E-state index is 13.8. The Labute approximate surface area is 384 Å². The van der Waals surface area contributed by atoms with E-state index < -0.39 is 42.3 Å². The summed E-state index contributed by atoms with van der Waals surface area (Å²) in [6.07, 6.45) is 1.77. The smallest absolute Gasteiger partial charge is 0.407 e. The first-order valence-electron chi connectivity index (χ1n) is 22.0. The van der Waals surface area contributed by atoms with Crippen molar-refractivity contribution in [2.45, 2.75) is 136 Å². The van der Waals surface area contributed by atoms with Gasteiger partial charge in [-0.3, -0.25) is 19.2 Å². The maximum atomic E-state index is 13.8. The van der Waals surface area contributed by atoms with Crippen molar-refractivity contribution < 1.29 is 38.2 Å². The van der Waals surface area contributed by atoms with Gasteiger partial charge in [0.2, 0.25) is 23.6 Å². The lowest BCUT2D eigenvalue weighted by Gasteiger charge is -2.33. The van der Waals surface area contributed by atoms with E-state index in [1.165, 1.54) is 52.3 Å². The molecule has 5 rings (SSSR count). The summed E-state index contributed by atoms with van der Waals surface area (Å²) in [5, 5.41) is 15.9. The second-order valence-corrected chi connectivity index (χ2v) is 19.8. The van der Waals surface area contributed by atoms with Gasteiger partial charge in [0.15, 0.2) is 10.3 Å². The molecule has 6 atom stereocenters. The van der Waals surface area contributed by atoms with E-state index >= 15 is 0 Å². The Morgan fingerprint density at radius 2 is 1.33 bits per heavy atom. The highest BCUT2D eigenvalue weighted by molar-refractivity contribution is 7.14. The van der Waals surface area contributed by atoms with Crippen LogP contribution in [0.4, 0.5) is 25.5 Å². The molecule has 2 aromatic heterocycles. The summed E-state index contributed by atoms with van der Waals surface area (Å²) in [6.45, 7) is 18.1. The maximum Gasteiger partial charge on any atom is 0.407 e. The number of nitrogens with zero attached hydrogens (tertiary/aromatic N) is 5. The molecule has 0 saturated carbocycles. The number of benzene rings is 1. The lowest BCUT2D eigenvalue weighted by molar-refractivity contribution is -0.140. The first kappa shape index (κ1) is 49.7. The standard InChI is InChI=1S/C45H65N9O8S2/c1-12-21-52(39(57)35(25(2)3)48-43(59)61-10)27(6)37(55)50-41-46-30(23-63-41)32-19-20-33(54(32)29-17-15-28(16-18-29)45(7,8)9)31-24-64-42(47-31)51-38(56)34-14-13-22-53(34)40(58)36(26(4)5)49-44(60)62-11/h15-18,23-27,32-36H,12-14,19-22H2,1-11H3,(H,48,59)(H,49,60)(H,46,50,55)(H,47,51,56). The molecule has 4 N–H and O–H groups in total. The van der Waals surface area contributed by atoms with Gasteiger partial charge < -0.3 is 45.4 Å². The molecule has 17 nitrogen and oxygen atoms in total. The monoisotopic (exact) mass is 923 g/mol. The van der Waals surface area contributed by atoms with E-state index in [1.54, 1.807) is 6.92 Å². The van der Waals surface area contributed by atoms with Crippen LogP contribution < -0.4 is 26.2 Å². The number of hydrogen-bond acceptors (Lipinski definition) is 13. The van der Waals surface area contributed by atoms with Gasteiger partial charge in [-0.25, -0.2) is 19.6 Å². The van der Waals surface area contributed by atoms with Gasteiger partial charge in [0, 0.05) is 29.5 Å². The Bertz CT molecular complexity index is 2120. The lowest BCUT2D eigenvalue weighted by atomic mass is 9.87. The van der Waals surface area contributed by atoms with E-state index in [0.29, 0.717) is 42.6 Å². The first-order chi connectivity index (χ1) is 30.3. The van der Waals surface area contributed by atoms with Crippen molar-refractivity contribution in [3.8, 4) is 0 Å². The molecule has 2 aliphatic rings. The highest BCUT2D eigenvalue weighted by Gasteiger charge is 2.41. The van der Waals surface area contributed by atoms with Gasteiger partial charge >= 0.3 is 12.2 Å². The fourth-order valence-electron chi connectivity index (χ4n) is 8.21. The van der Waals surface area contributed by atoms with E-state index in [2.05, 4.69) is 71.2 Å². The van der Waals surface area contributed by atoms with Crippen LogP contribution in [0.2, 0.25) is 0 Å². The van der Waals surface area contributed by atoms with Crippen molar-refractivity contribution in [3.05, 3.63) is 52.0 Å². The molecule has 19 heteroatoms. The summed E-state index contributed by atoms with van der Waals surface area (Å²) in [5.41, 5.74) is 3.66. The molecular formula is C45H65N9O8S2. The molecule has 6 amide bonds. The largest absolute Gasteiger partial charge is 0.453 e. The average molecular weight is 924 g/mol. The number of hydrogen-bond donors (Lipinski definition) is 4. The van der Waals surface area contributed by atoms with Crippen molar-refractivity contribution in [2.24, 2.45) is 11.8 Å². The van der Waals surface area contributed by atoms with E-state index in [4.69, 9.17) is 19.4 Å². The predicted octanol–water partition coefficient (Wildman–Crippen LogP) is 7.24. The molecule has 2 aliphatic heterocycles. The van der Waals surface area contributed by atoms with Crippen LogP contribution in [0.15, 0.2) is 35.0 Å². The number of likely N-dealkylation sites (tertiary alicyclic amines) is 1. The normalized spacial score (nSPS) is 18.9. The number of amides is 6.